The van der Waals surface area contributed by atoms with Crippen LogP contribution in [0.3, 0.4) is 0 Å². The van der Waals surface area contributed by atoms with Crippen molar-refractivity contribution in [1.82, 2.24) is 5.32 Å². The van der Waals surface area contributed by atoms with Gasteiger partial charge in [0.05, 0.1) is 30.2 Å². The van der Waals surface area contributed by atoms with E-state index in [2.05, 4.69) is 16.0 Å². The average Bonchev–Trinajstić information content (AvgIpc) is 3.25. The van der Waals surface area contributed by atoms with Gasteiger partial charge in [0.15, 0.2) is 11.5 Å². The topological polar surface area (TPSA) is 91.9 Å². The van der Waals surface area contributed by atoms with E-state index >= 15 is 0 Å². The molecule has 198 valence electrons. The van der Waals surface area contributed by atoms with Crippen LogP contribution in [0.2, 0.25) is 0 Å². The number of rotatable bonds is 11. The monoisotopic (exact) mass is 514 g/mol. The van der Waals surface area contributed by atoms with Gasteiger partial charge in [0.1, 0.15) is 0 Å². The number of carbonyl (C=O) groups is 2. The zero-order chi connectivity index (χ0) is 27.1. The van der Waals surface area contributed by atoms with Crippen LogP contribution in [-0.4, -0.2) is 45.7 Å². The molecule has 1 aliphatic rings. The van der Waals surface area contributed by atoms with E-state index in [-0.39, 0.29) is 11.8 Å². The molecule has 38 heavy (non-hydrogen) atoms. The molecule has 4 rings (SSSR count). The molecule has 0 saturated carbocycles. The second kappa shape index (κ2) is 12.3. The van der Waals surface area contributed by atoms with E-state index in [9.17, 15) is 9.59 Å². The van der Waals surface area contributed by atoms with Crippen molar-refractivity contribution in [1.29, 1.82) is 0 Å². The van der Waals surface area contributed by atoms with Gasteiger partial charge in [-0.25, -0.2) is 0 Å². The van der Waals surface area contributed by atoms with Crippen LogP contribution < -0.4 is 30.3 Å². The van der Waals surface area contributed by atoms with Gasteiger partial charge in [-0.15, -0.1) is 0 Å². The number of nitrogens with one attached hydrogen (secondary N) is 3. The summed E-state index contributed by atoms with van der Waals surface area (Å²) >= 11 is 0. The Hall–Kier alpha value is -4.30. The van der Waals surface area contributed by atoms with Gasteiger partial charge in [-0.3, -0.25) is 9.59 Å². The molecule has 3 aromatic rings. The third-order valence-electron chi connectivity index (χ3n) is 6.23. The smallest absolute Gasteiger partial charge is 0.258 e. The van der Waals surface area contributed by atoms with Gasteiger partial charge in [0.25, 0.3) is 5.91 Å². The van der Waals surface area contributed by atoms with Gasteiger partial charge in [-0.1, -0.05) is 30.3 Å². The van der Waals surface area contributed by atoms with E-state index in [4.69, 9.17) is 9.47 Å². The SMILES string of the molecule is CCOc1cc2c(cc1OCC)/C(=C(/Nc1ccc(N(C)C(=O)CCNC)cc1)c1ccccc1)C(=O)N2. The number of hydrogen-bond donors (Lipinski definition) is 3. The van der Waals surface area contributed by atoms with Crippen molar-refractivity contribution in [3.05, 3.63) is 77.9 Å². The van der Waals surface area contributed by atoms with Gasteiger partial charge in [0, 0.05) is 43.0 Å². The fourth-order valence-corrected chi connectivity index (χ4v) is 4.30. The van der Waals surface area contributed by atoms with Crippen LogP contribution in [0, 0.1) is 0 Å². The molecule has 3 N–H and O–H groups in total. The van der Waals surface area contributed by atoms with Gasteiger partial charge in [-0.2, -0.15) is 0 Å². The van der Waals surface area contributed by atoms with E-state index in [0.29, 0.717) is 54.6 Å². The van der Waals surface area contributed by atoms with Crippen LogP contribution >= 0.6 is 0 Å². The predicted octanol–water partition coefficient (Wildman–Crippen LogP) is 4.99. The van der Waals surface area contributed by atoms with Crippen molar-refractivity contribution >= 4 is 40.1 Å². The lowest BCUT2D eigenvalue weighted by atomic mass is 9.99. The minimum atomic E-state index is -0.214. The highest BCUT2D eigenvalue weighted by molar-refractivity contribution is 6.37. The summed E-state index contributed by atoms with van der Waals surface area (Å²) in [7, 11) is 3.59. The maximum Gasteiger partial charge on any atom is 0.258 e. The standard InChI is InChI=1S/C30H34N4O4/c1-5-37-25-18-23-24(19-26(25)38-6-2)33-30(36)28(23)29(20-10-8-7-9-11-20)32-21-12-14-22(15-13-21)34(4)27(35)16-17-31-3/h7-15,18-19,31-32H,5-6,16-17H2,1-4H3,(H,33,36)/b29-28-. The van der Waals surface area contributed by atoms with Crippen LogP contribution in [0.15, 0.2) is 66.7 Å². The Bertz CT molecular complexity index is 1320. The van der Waals surface area contributed by atoms with Gasteiger partial charge < -0.3 is 30.3 Å². The summed E-state index contributed by atoms with van der Waals surface area (Å²) < 4.78 is 11.6. The Labute approximate surface area is 223 Å². The molecule has 8 nitrogen and oxygen atoms in total. The fraction of sp³-hybridized carbons (Fsp3) is 0.267. The highest BCUT2D eigenvalue weighted by atomic mass is 16.5. The highest BCUT2D eigenvalue weighted by Crippen LogP contribution is 2.43. The molecule has 0 unspecified atom stereocenters. The molecule has 0 spiro atoms. The summed E-state index contributed by atoms with van der Waals surface area (Å²) in [4.78, 5) is 27.4. The quantitative estimate of drug-likeness (QED) is 0.312. The Balaban J connectivity index is 1.74. The summed E-state index contributed by atoms with van der Waals surface area (Å²) in [6.45, 7) is 5.40. The van der Waals surface area contributed by atoms with Crippen LogP contribution in [0.5, 0.6) is 11.5 Å². The molecule has 2 amide bonds. The molecule has 8 heteroatoms. The first-order valence-corrected chi connectivity index (χ1v) is 12.8. The van der Waals surface area contributed by atoms with Gasteiger partial charge in [0.2, 0.25) is 5.91 Å². The number of benzene rings is 3. The van der Waals surface area contributed by atoms with Gasteiger partial charge in [-0.05, 0) is 56.8 Å². The number of ether oxygens (including phenoxy) is 2. The zero-order valence-corrected chi connectivity index (χ0v) is 22.3. The summed E-state index contributed by atoms with van der Waals surface area (Å²) in [5.41, 5.74) is 5.02. The summed E-state index contributed by atoms with van der Waals surface area (Å²) in [5, 5.41) is 9.44. The third kappa shape index (κ3) is 5.81. The van der Waals surface area contributed by atoms with Crippen LogP contribution in [0.1, 0.15) is 31.4 Å². The summed E-state index contributed by atoms with van der Waals surface area (Å²) in [6.07, 6.45) is 0.417. The molecule has 0 saturated heterocycles. The van der Waals surface area contributed by atoms with Crippen molar-refractivity contribution in [3.63, 3.8) is 0 Å². The predicted molar refractivity (Wildman–Crippen MR) is 153 cm³/mol. The lowest BCUT2D eigenvalue weighted by Crippen LogP contribution is -2.28. The molecule has 0 bridgehead atoms. The number of amides is 2. The first kappa shape index (κ1) is 26.8. The first-order chi connectivity index (χ1) is 18.5. The first-order valence-electron chi connectivity index (χ1n) is 12.8. The second-order valence-electron chi connectivity index (χ2n) is 8.76. The normalized spacial score (nSPS) is 13.4. The van der Waals surface area contributed by atoms with E-state index in [1.54, 1.807) is 11.9 Å². The molecule has 0 aliphatic carbocycles. The molecule has 3 aromatic carbocycles. The van der Waals surface area contributed by atoms with E-state index in [1.807, 2.05) is 87.6 Å². The molecular weight excluding hydrogens is 480 g/mol. The lowest BCUT2D eigenvalue weighted by Gasteiger charge is -2.19. The Morgan fingerprint density at radius 1 is 0.947 bits per heavy atom. The Morgan fingerprint density at radius 3 is 2.24 bits per heavy atom. The molecule has 0 atom stereocenters. The largest absolute Gasteiger partial charge is 0.490 e. The number of carbonyl (C=O) groups excluding carboxylic acids is 2. The summed E-state index contributed by atoms with van der Waals surface area (Å²) in [6, 6.07) is 21.0. The number of hydrogen-bond acceptors (Lipinski definition) is 6. The molecule has 1 heterocycles. The number of fused-ring (bicyclic) bond motifs is 1. The van der Waals surface area contributed by atoms with Crippen LogP contribution in [0.25, 0.3) is 11.3 Å². The molecular formula is C30H34N4O4. The van der Waals surface area contributed by atoms with E-state index in [1.165, 1.54) is 0 Å². The molecule has 0 fully saturated rings. The molecule has 0 radical (unpaired) electrons. The minimum absolute atomic E-state index is 0.0305. The second-order valence-corrected chi connectivity index (χ2v) is 8.76. The third-order valence-corrected chi connectivity index (χ3v) is 6.23. The zero-order valence-electron chi connectivity index (χ0n) is 22.3. The maximum absolute atomic E-state index is 13.3. The molecule has 0 aromatic heterocycles. The van der Waals surface area contributed by atoms with Crippen molar-refractivity contribution in [2.24, 2.45) is 0 Å². The van der Waals surface area contributed by atoms with Crippen LogP contribution in [0.4, 0.5) is 17.1 Å². The fourth-order valence-electron chi connectivity index (χ4n) is 4.30. The van der Waals surface area contributed by atoms with Gasteiger partial charge >= 0.3 is 0 Å². The molecule has 1 aliphatic heterocycles. The highest BCUT2D eigenvalue weighted by Gasteiger charge is 2.30. The van der Waals surface area contributed by atoms with Crippen LogP contribution in [-0.2, 0) is 9.59 Å². The maximum atomic E-state index is 13.3. The summed E-state index contributed by atoms with van der Waals surface area (Å²) in [5.74, 6) is 0.995. The van der Waals surface area contributed by atoms with Crippen molar-refractivity contribution < 1.29 is 19.1 Å². The minimum Gasteiger partial charge on any atom is -0.490 e. The Kier molecular flexibility index (Phi) is 8.66. The van der Waals surface area contributed by atoms with E-state index in [0.717, 1.165) is 22.5 Å². The number of anilines is 3. The lowest BCUT2D eigenvalue weighted by molar-refractivity contribution is -0.118. The van der Waals surface area contributed by atoms with Crippen molar-refractivity contribution in [2.45, 2.75) is 20.3 Å². The Morgan fingerprint density at radius 2 is 1.61 bits per heavy atom. The average molecular weight is 515 g/mol. The van der Waals surface area contributed by atoms with Crippen molar-refractivity contribution in [2.75, 3.05) is 49.4 Å². The van der Waals surface area contributed by atoms with E-state index < -0.39 is 0 Å². The number of nitrogens with zero attached hydrogens (tertiary/aromatic N) is 1. The van der Waals surface area contributed by atoms with Crippen molar-refractivity contribution in [3.8, 4) is 11.5 Å².